The molecule has 1 aromatic carbocycles. The molecular weight excluding hydrogens is 368 g/mol. The Balaban J connectivity index is 1.59. The molecule has 10 heteroatoms. The van der Waals surface area contributed by atoms with Crippen molar-refractivity contribution in [3.63, 3.8) is 0 Å². The molecule has 0 bridgehead atoms. The molecule has 4 aromatic rings. The number of rotatable bonds is 4. The molecule has 3 aromatic heterocycles. The van der Waals surface area contributed by atoms with Gasteiger partial charge in [0, 0.05) is 5.02 Å². The van der Waals surface area contributed by atoms with Crippen LogP contribution in [0.3, 0.4) is 0 Å². The number of hydrogen-bond donors (Lipinski definition) is 1. The van der Waals surface area contributed by atoms with Crippen LogP contribution in [0, 0.1) is 0 Å². The highest BCUT2D eigenvalue weighted by atomic mass is 35.5. The van der Waals surface area contributed by atoms with E-state index in [0.717, 1.165) is 5.69 Å². The summed E-state index contributed by atoms with van der Waals surface area (Å²) in [5.41, 5.74) is 1.39. The normalized spacial score (nSPS) is 11.2. The summed E-state index contributed by atoms with van der Waals surface area (Å²) < 4.78 is 2.25. The molecule has 24 heavy (non-hydrogen) atoms. The maximum absolute atomic E-state index is 12.0. The Morgan fingerprint density at radius 2 is 2.08 bits per heavy atom. The Morgan fingerprint density at radius 3 is 2.92 bits per heavy atom. The minimum Gasteiger partial charge on any atom is -0.309 e. The van der Waals surface area contributed by atoms with Crippen molar-refractivity contribution in [1.29, 1.82) is 0 Å². The average molecular weight is 377 g/mol. The van der Waals surface area contributed by atoms with E-state index in [1.165, 1.54) is 23.1 Å². The third kappa shape index (κ3) is 2.93. The zero-order valence-corrected chi connectivity index (χ0v) is 14.4. The van der Waals surface area contributed by atoms with Gasteiger partial charge in [0.15, 0.2) is 0 Å². The van der Waals surface area contributed by atoms with Gasteiger partial charge in [0.1, 0.15) is 10.5 Å². The zero-order valence-electron chi connectivity index (χ0n) is 12.0. The Hall–Kier alpha value is -2.23. The molecule has 0 aliphatic carbocycles. The van der Waals surface area contributed by atoms with E-state index < -0.39 is 0 Å². The van der Waals surface area contributed by atoms with E-state index in [-0.39, 0.29) is 5.56 Å². The van der Waals surface area contributed by atoms with Gasteiger partial charge in [-0.3, -0.25) is 4.79 Å². The van der Waals surface area contributed by atoms with Gasteiger partial charge in [0.25, 0.3) is 5.56 Å². The predicted molar refractivity (Wildman–Crippen MR) is 94.0 cm³/mol. The van der Waals surface area contributed by atoms with Crippen LogP contribution < -0.4 is 5.56 Å². The van der Waals surface area contributed by atoms with Crippen LogP contribution in [0.4, 0.5) is 0 Å². The number of tetrazole rings is 1. The first kappa shape index (κ1) is 15.3. The lowest BCUT2D eigenvalue weighted by molar-refractivity contribution is 0.756. The molecule has 0 fully saturated rings. The quantitative estimate of drug-likeness (QED) is 0.551. The van der Waals surface area contributed by atoms with Crippen molar-refractivity contribution < 1.29 is 0 Å². The molecule has 0 unspecified atom stereocenters. The number of nitrogens with zero attached hydrogens (tertiary/aromatic N) is 5. The fourth-order valence-corrected chi connectivity index (χ4v) is 3.75. The number of thiophene rings is 1. The summed E-state index contributed by atoms with van der Waals surface area (Å²) in [6.45, 7) is 0. The number of fused-ring (bicyclic) bond motifs is 1. The first-order chi connectivity index (χ1) is 11.7. The molecule has 1 N–H and O–H groups in total. The number of hydrogen-bond acceptors (Lipinski definition) is 7. The summed E-state index contributed by atoms with van der Waals surface area (Å²) in [4.78, 5) is 19.2. The second-order valence-corrected chi connectivity index (χ2v) is 7.08. The fourth-order valence-electron chi connectivity index (χ4n) is 2.14. The number of H-pyrrole nitrogens is 1. The lowest BCUT2D eigenvalue weighted by atomic mass is 10.3. The Kier molecular flexibility index (Phi) is 4.05. The summed E-state index contributed by atoms with van der Waals surface area (Å²) in [5.74, 6) is 1.04. The largest absolute Gasteiger partial charge is 0.309 e. The molecule has 120 valence electrons. The number of halogens is 1. The summed E-state index contributed by atoms with van der Waals surface area (Å²) >= 11 is 8.67. The van der Waals surface area contributed by atoms with Gasteiger partial charge in [-0.25, -0.2) is 4.98 Å². The molecule has 0 aliphatic heterocycles. The highest BCUT2D eigenvalue weighted by Crippen LogP contribution is 2.22. The van der Waals surface area contributed by atoms with Crippen LogP contribution in [0.2, 0.25) is 5.02 Å². The first-order valence-corrected chi connectivity index (χ1v) is 9.08. The molecule has 7 nitrogen and oxygen atoms in total. The minimum absolute atomic E-state index is 0.122. The standard InChI is InChI=1S/C14H9ClN6OS2/c15-8-1-3-9(4-2-8)21-14(18-19-20-21)24-7-11-16-10-5-6-23-12(10)13(22)17-11/h1-6H,7H2,(H,16,17,22). The van der Waals surface area contributed by atoms with Crippen LogP contribution in [0.5, 0.6) is 0 Å². The van der Waals surface area contributed by atoms with Gasteiger partial charge < -0.3 is 4.98 Å². The second kappa shape index (κ2) is 6.34. The molecule has 0 spiro atoms. The predicted octanol–water partition coefficient (Wildman–Crippen LogP) is 2.91. The number of aromatic nitrogens is 6. The lowest BCUT2D eigenvalue weighted by Crippen LogP contribution is -2.09. The van der Waals surface area contributed by atoms with Gasteiger partial charge in [-0.1, -0.05) is 23.4 Å². The van der Waals surface area contributed by atoms with Crippen molar-refractivity contribution >= 4 is 44.9 Å². The second-order valence-electron chi connectivity index (χ2n) is 4.79. The third-order valence-electron chi connectivity index (χ3n) is 3.21. The van der Waals surface area contributed by atoms with Crippen molar-refractivity contribution in [1.82, 2.24) is 30.2 Å². The highest BCUT2D eigenvalue weighted by Gasteiger charge is 2.11. The van der Waals surface area contributed by atoms with Crippen LogP contribution in [-0.4, -0.2) is 30.2 Å². The molecule has 0 amide bonds. The Bertz CT molecular complexity index is 1060. The molecular formula is C14H9ClN6OS2. The van der Waals surface area contributed by atoms with Crippen molar-refractivity contribution in [2.24, 2.45) is 0 Å². The Morgan fingerprint density at radius 1 is 1.25 bits per heavy atom. The van der Waals surface area contributed by atoms with Crippen LogP contribution in [0.1, 0.15) is 5.82 Å². The molecule has 0 saturated heterocycles. The summed E-state index contributed by atoms with van der Waals surface area (Å²) in [7, 11) is 0. The summed E-state index contributed by atoms with van der Waals surface area (Å²) in [5, 5.41) is 14.8. The van der Waals surface area contributed by atoms with Crippen molar-refractivity contribution in [3.8, 4) is 5.69 Å². The van der Waals surface area contributed by atoms with E-state index in [4.69, 9.17) is 11.6 Å². The minimum atomic E-state index is -0.122. The average Bonchev–Trinajstić information content (AvgIpc) is 3.22. The SMILES string of the molecule is O=c1[nH]c(CSc2nnnn2-c2ccc(Cl)cc2)nc2ccsc12. The van der Waals surface area contributed by atoms with Gasteiger partial charge in [-0.15, -0.1) is 16.4 Å². The van der Waals surface area contributed by atoms with E-state index in [9.17, 15) is 4.79 Å². The van der Waals surface area contributed by atoms with Crippen LogP contribution >= 0.6 is 34.7 Å². The van der Waals surface area contributed by atoms with Gasteiger partial charge in [-0.05, 0) is 46.1 Å². The fraction of sp³-hybridized carbons (Fsp3) is 0.0714. The molecule has 4 rings (SSSR count). The molecule has 0 aliphatic rings. The monoisotopic (exact) mass is 376 g/mol. The van der Waals surface area contributed by atoms with Crippen LogP contribution in [-0.2, 0) is 5.75 Å². The van der Waals surface area contributed by atoms with Crippen molar-refractivity contribution in [2.45, 2.75) is 10.9 Å². The van der Waals surface area contributed by atoms with E-state index in [0.29, 0.717) is 32.0 Å². The lowest BCUT2D eigenvalue weighted by Gasteiger charge is -2.04. The number of aromatic amines is 1. The van der Waals surface area contributed by atoms with E-state index in [1.807, 2.05) is 23.6 Å². The van der Waals surface area contributed by atoms with Crippen LogP contribution in [0.15, 0.2) is 45.7 Å². The topological polar surface area (TPSA) is 89.4 Å². The van der Waals surface area contributed by atoms with Crippen molar-refractivity contribution in [3.05, 3.63) is 56.9 Å². The number of nitrogens with one attached hydrogen (secondary N) is 1. The van der Waals surface area contributed by atoms with Gasteiger partial charge in [-0.2, -0.15) is 4.68 Å². The van der Waals surface area contributed by atoms with E-state index in [2.05, 4.69) is 25.5 Å². The van der Waals surface area contributed by atoms with E-state index in [1.54, 1.807) is 16.8 Å². The summed E-state index contributed by atoms with van der Waals surface area (Å²) in [6.07, 6.45) is 0. The Labute approximate surface area is 148 Å². The smallest absolute Gasteiger partial charge is 0.268 e. The van der Waals surface area contributed by atoms with Gasteiger partial charge in [0.05, 0.1) is 17.0 Å². The maximum atomic E-state index is 12.0. The highest BCUT2D eigenvalue weighted by molar-refractivity contribution is 7.98. The molecule has 0 radical (unpaired) electrons. The maximum Gasteiger partial charge on any atom is 0.268 e. The van der Waals surface area contributed by atoms with Gasteiger partial charge in [0.2, 0.25) is 5.16 Å². The number of thioether (sulfide) groups is 1. The molecule has 0 saturated carbocycles. The van der Waals surface area contributed by atoms with E-state index >= 15 is 0 Å². The molecule has 0 atom stereocenters. The molecule has 3 heterocycles. The number of benzene rings is 1. The third-order valence-corrected chi connectivity index (χ3v) is 5.30. The van der Waals surface area contributed by atoms with Gasteiger partial charge >= 0.3 is 0 Å². The van der Waals surface area contributed by atoms with Crippen LogP contribution in [0.25, 0.3) is 15.9 Å². The van der Waals surface area contributed by atoms with Crippen molar-refractivity contribution in [2.75, 3.05) is 0 Å². The summed E-state index contributed by atoms with van der Waals surface area (Å²) in [6, 6.07) is 9.05. The zero-order chi connectivity index (χ0) is 16.5. The first-order valence-electron chi connectivity index (χ1n) is 6.84.